The van der Waals surface area contributed by atoms with Crippen LogP contribution < -0.4 is 10.6 Å². The van der Waals surface area contributed by atoms with Gasteiger partial charge in [0.2, 0.25) is 0 Å². The predicted molar refractivity (Wildman–Crippen MR) is 115 cm³/mol. The number of aliphatic imine (C=N–C) groups is 1. The van der Waals surface area contributed by atoms with Crippen LogP contribution in [-0.2, 0) is 23.1 Å². The summed E-state index contributed by atoms with van der Waals surface area (Å²) in [5, 5.41) is 15.0. The maximum absolute atomic E-state index is 5.69. The quantitative estimate of drug-likeness (QED) is 0.224. The Hall–Kier alpha value is -0.940. The van der Waals surface area contributed by atoms with Crippen molar-refractivity contribution in [2.45, 2.75) is 51.7 Å². The van der Waals surface area contributed by atoms with Crippen LogP contribution >= 0.6 is 24.0 Å². The summed E-state index contributed by atoms with van der Waals surface area (Å²) in [6.45, 7) is 6.63. The standard InChI is InChI=1S/C18H32N6O2.HI/c1-14-22-23-17(24(14)2)12-21-18(20-11-16-5-3-10-26-16)19-8-4-9-25-13-15-6-7-15;/h15-16H,3-13H2,1-2H3,(H2,19,20,21);1H. The number of hydrogen-bond donors (Lipinski definition) is 2. The van der Waals surface area contributed by atoms with Gasteiger partial charge < -0.3 is 24.7 Å². The highest BCUT2D eigenvalue weighted by atomic mass is 127. The van der Waals surface area contributed by atoms with Gasteiger partial charge in [-0.1, -0.05) is 0 Å². The van der Waals surface area contributed by atoms with E-state index in [4.69, 9.17) is 9.47 Å². The number of guanidine groups is 1. The molecule has 1 saturated carbocycles. The monoisotopic (exact) mass is 492 g/mol. The first-order valence-electron chi connectivity index (χ1n) is 9.79. The fourth-order valence-electron chi connectivity index (χ4n) is 2.84. The SMILES string of the molecule is Cc1nnc(CN=C(NCCCOCC2CC2)NCC2CCCO2)n1C.I. The number of halogens is 1. The Morgan fingerprint density at radius 2 is 2.15 bits per heavy atom. The molecule has 9 heteroatoms. The van der Waals surface area contributed by atoms with Crippen LogP contribution in [0.25, 0.3) is 0 Å². The van der Waals surface area contributed by atoms with Crippen LogP contribution in [0.15, 0.2) is 4.99 Å². The molecule has 0 amide bonds. The summed E-state index contributed by atoms with van der Waals surface area (Å²) in [5.74, 6) is 3.37. The summed E-state index contributed by atoms with van der Waals surface area (Å²) in [5.41, 5.74) is 0. The summed E-state index contributed by atoms with van der Waals surface area (Å²) >= 11 is 0. The molecule has 1 aliphatic carbocycles. The minimum Gasteiger partial charge on any atom is -0.381 e. The van der Waals surface area contributed by atoms with Crippen LogP contribution in [0, 0.1) is 12.8 Å². The van der Waals surface area contributed by atoms with Gasteiger partial charge in [-0.05, 0) is 44.9 Å². The molecule has 1 aliphatic heterocycles. The van der Waals surface area contributed by atoms with Gasteiger partial charge in [-0.15, -0.1) is 34.2 Å². The largest absolute Gasteiger partial charge is 0.381 e. The average Bonchev–Trinajstić information content (AvgIpc) is 3.22. The molecule has 0 radical (unpaired) electrons. The van der Waals surface area contributed by atoms with Crippen molar-refractivity contribution < 1.29 is 9.47 Å². The van der Waals surface area contributed by atoms with Crippen LogP contribution in [0.5, 0.6) is 0 Å². The summed E-state index contributed by atoms with van der Waals surface area (Å²) in [7, 11) is 1.96. The molecule has 1 aromatic rings. The zero-order valence-corrected chi connectivity index (χ0v) is 18.8. The highest BCUT2D eigenvalue weighted by Gasteiger charge is 2.20. The van der Waals surface area contributed by atoms with E-state index in [1.54, 1.807) is 0 Å². The second-order valence-electron chi connectivity index (χ2n) is 7.20. The molecule has 0 spiro atoms. The van der Waals surface area contributed by atoms with Crippen molar-refractivity contribution >= 4 is 29.9 Å². The first-order valence-corrected chi connectivity index (χ1v) is 9.79. The third-order valence-corrected chi connectivity index (χ3v) is 4.89. The van der Waals surface area contributed by atoms with E-state index >= 15 is 0 Å². The zero-order valence-electron chi connectivity index (χ0n) is 16.4. The van der Waals surface area contributed by atoms with Crippen LogP contribution in [0.1, 0.15) is 43.8 Å². The lowest BCUT2D eigenvalue weighted by Crippen LogP contribution is -2.41. The van der Waals surface area contributed by atoms with Crippen molar-refractivity contribution in [1.29, 1.82) is 0 Å². The van der Waals surface area contributed by atoms with E-state index in [1.165, 1.54) is 12.8 Å². The highest BCUT2D eigenvalue weighted by molar-refractivity contribution is 14.0. The Balaban J connectivity index is 0.00000261. The molecular formula is C18H33IN6O2. The minimum absolute atomic E-state index is 0. The van der Waals surface area contributed by atoms with E-state index in [0.29, 0.717) is 6.54 Å². The lowest BCUT2D eigenvalue weighted by atomic mass is 10.2. The van der Waals surface area contributed by atoms with E-state index in [-0.39, 0.29) is 30.1 Å². The van der Waals surface area contributed by atoms with Gasteiger partial charge >= 0.3 is 0 Å². The molecule has 0 bridgehead atoms. The molecule has 2 fully saturated rings. The van der Waals surface area contributed by atoms with Gasteiger partial charge in [0.25, 0.3) is 0 Å². The molecule has 2 heterocycles. The predicted octanol–water partition coefficient (Wildman–Crippen LogP) is 1.77. The van der Waals surface area contributed by atoms with Crippen LogP contribution in [0.2, 0.25) is 0 Å². The average molecular weight is 492 g/mol. The van der Waals surface area contributed by atoms with Crippen LogP contribution in [0.4, 0.5) is 0 Å². The fraction of sp³-hybridized carbons (Fsp3) is 0.833. The minimum atomic E-state index is 0. The normalized spacial score (nSPS) is 19.8. The molecule has 8 nitrogen and oxygen atoms in total. The van der Waals surface area contributed by atoms with Crippen molar-refractivity contribution in [1.82, 2.24) is 25.4 Å². The second-order valence-corrected chi connectivity index (χ2v) is 7.20. The topological polar surface area (TPSA) is 85.6 Å². The third kappa shape index (κ3) is 7.90. The van der Waals surface area contributed by atoms with Crippen LogP contribution in [-0.4, -0.2) is 59.7 Å². The molecule has 1 saturated heterocycles. The van der Waals surface area contributed by atoms with E-state index in [2.05, 4.69) is 25.8 Å². The second kappa shape index (κ2) is 11.8. The Labute approximate surface area is 178 Å². The van der Waals surface area contributed by atoms with Gasteiger partial charge in [0.05, 0.1) is 6.10 Å². The number of rotatable bonds is 10. The van der Waals surface area contributed by atoms with Crippen molar-refractivity contribution in [3.05, 3.63) is 11.6 Å². The summed E-state index contributed by atoms with van der Waals surface area (Å²) in [6, 6.07) is 0. The Bertz CT molecular complexity index is 584. The number of nitrogens with one attached hydrogen (secondary N) is 2. The smallest absolute Gasteiger partial charge is 0.191 e. The van der Waals surface area contributed by atoms with Crippen molar-refractivity contribution in [3.63, 3.8) is 0 Å². The summed E-state index contributed by atoms with van der Waals surface area (Å²) in [6.07, 6.45) is 6.17. The molecule has 1 aromatic heterocycles. The number of ether oxygens (including phenoxy) is 2. The third-order valence-electron chi connectivity index (χ3n) is 4.89. The van der Waals surface area contributed by atoms with Gasteiger partial charge in [-0.2, -0.15) is 0 Å². The molecule has 2 aliphatic rings. The van der Waals surface area contributed by atoms with Crippen molar-refractivity contribution in [3.8, 4) is 0 Å². The number of aryl methyl sites for hydroxylation is 1. The molecule has 2 N–H and O–H groups in total. The lowest BCUT2D eigenvalue weighted by Gasteiger charge is -2.15. The van der Waals surface area contributed by atoms with E-state index in [1.807, 2.05) is 18.5 Å². The molecule has 3 rings (SSSR count). The summed E-state index contributed by atoms with van der Waals surface area (Å²) < 4.78 is 13.3. The Morgan fingerprint density at radius 3 is 2.81 bits per heavy atom. The van der Waals surface area contributed by atoms with Gasteiger partial charge in [0, 0.05) is 40.0 Å². The number of hydrogen-bond acceptors (Lipinski definition) is 5. The molecule has 27 heavy (non-hydrogen) atoms. The maximum Gasteiger partial charge on any atom is 0.191 e. The molecule has 0 aromatic carbocycles. The van der Waals surface area contributed by atoms with E-state index in [0.717, 1.165) is 75.7 Å². The van der Waals surface area contributed by atoms with Gasteiger partial charge in [-0.25, -0.2) is 4.99 Å². The molecule has 154 valence electrons. The lowest BCUT2D eigenvalue weighted by molar-refractivity contribution is 0.113. The maximum atomic E-state index is 5.69. The van der Waals surface area contributed by atoms with Gasteiger partial charge in [0.1, 0.15) is 12.4 Å². The van der Waals surface area contributed by atoms with Gasteiger partial charge in [0.15, 0.2) is 11.8 Å². The highest BCUT2D eigenvalue weighted by Crippen LogP contribution is 2.28. The number of nitrogens with zero attached hydrogens (tertiary/aromatic N) is 4. The fourth-order valence-corrected chi connectivity index (χ4v) is 2.84. The van der Waals surface area contributed by atoms with E-state index in [9.17, 15) is 0 Å². The van der Waals surface area contributed by atoms with E-state index < -0.39 is 0 Å². The number of aromatic nitrogens is 3. The van der Waals surface area contributed by atoms with Crippen molar-refractivity contribution in [2.24, 2.45) is 18.0 Å². The first kappa shape index (κ1) is 22.4. The first-order chi connectivity index (χ1) is 12.7. The van der Waals surface area contributed by atoms with Gasteiger partial charge in [-0.3, -0.25) is 0 Å². The molecule has 1 atom stereocenters. The van der Waals surface area contributed by atoms with Crippen molar-refractivity contribution in [2.75, 3.05) is 32.9 Å². The zero-order chi connectivity index (χ0) is 18.2. The summed E-state index contributed by atoms with van der Waals surface area (Å²) in [4.78, 5) is 4.66. The Kier molecular flexibility index (Phi) is 9.77. The molecular weight excluding hydrogens is 459 g/mol. The molecule has 1 unspecified atom stereocenters. The Morgan fingerprint density at radius 1 is 1.30 bits per heavy atom. The van der Waals surface area contributed by atoms with Crippen LogP contribution in [0.3, 0.4) is 0 Å².